The van der Waals surface area contributed by atoms with Gasteiger partial charge < -0.3 is 15.3 Å². The summed E-state index contributed by atoms with van der Waals surface area (Å²) in [6, 6.07) is 0. The lowest BCUT2D eigenvalue weighted by Crippen LogP contribution is -1.98. The molecule has 0 fully saturated rings. The van der Waals surface area contributed by atoms with Crippen molar-refractivity contribution in [3.05, 3.63) is 0 Å². The van der Waals surface area contributed by atoms with Gasteiger partial charge in [0.05, 0.1) is 0 Å². The van der Waals surface area contributed by atoms with Crippen molar-refractivity contribution in [2.75, 3.05) is 6.61 Å². The van der Waals surface area contributed by atoms with E-state index in [1.807, 2.05) is 0 Å². The number of hydrogen-bond donors (Lipinski definition) is 3. The van der Waals surface area contributed by atoms with Gasteiger partial charge in [-0.2, -0.15) is 0 Å². The summed E-state index contributed by atoms with van der Waals surface area (Å²) < 4.78 is 0. The highest BCUT2D eigenvalue weighted by Crippen LogP contribution is 2.09. The Morgan fingerprint density at radius 2 is 1.00 bits per heavy atom. The lowest BCUT2D eigenvalue weighted by molar-refractivity contribution is -0.138. The fourth-order valence-electron chi connectivity index (χ4n) is 1.99. The third-order valence-corrected chi connectivity index (χ3v) is 3.29. The van der Waals surface area contributed by atoms with Crippen LogP contribution in [0.5, 0.6) is 0 Å². The van der Waals surface area contributed by atoms with Crippen LogP contribution in [0, 0.1) is 0 Å². The third-order valence-electron chi connectivity index (χ3n) is 3.29. The predicted octanol–water partition coefficient (Wildman–Crippen LogP) is 4.23. The Morgan fingerprint density at radius 3 is 1.32 bits per heavy atom. The lowest BCUT2D eigenvalue weighted by Gasteiger charge is -2.00. The normalized spacial score (nSPS) is 9.91. The molecule has 0 aromatic carbocycles. The minimum absolute atomic E-state index is 0.0632. The first kappa shape index (κ1) is 23.2. The summed E-state index contributed by atoms with van der Waals surface area (Å²) in [5.41, 5.74) is 0. The summed E-state index contributed by atoms with van der Waals surface area (Å²) in [5.74, 6) is -1.90. The molecular formula is C17H34O5. The molecule has 5 nitrogen and oxygen atoms in total. The van der Waals surface area contributed by atoms with Gasteiger partial charge >= 0.3 is 11.9 Å². The van der Waals surface area contributed by atoms with Crippen LogP contribution >= 0.6 is 0 Å². The number of aliphatic hydroxyl groups excluding tert-OH is 1. The van der Waals surface area contributed by atoms with Crippen LogP contribution in [-0.2, 0) is 9.59 Å². The Labute approximate surface area is 134 Å². The number of aliphatic carboxylic acids is 2. The van der Waals surface area contributed by atoms with Crippen LogP contribution in [0.4, 0.5) is 0 Å². The quantitative estimate of drug-likeness (QED) is 0.417. The fraction of sp³-hybridized carbons (Fsp3) is 0.882. The summed E-state index contributed by atoms with van der Waals surface area (Å²) in [7, 11) is 0. The smallest absolute Gasteiger partial charge is 0.303 e. The molecule has 0 rings (SSSR count). The first-order chi connectivity index (χ1) is 10.5. The first-order valence-corrected chi connectivity index (χ1v) is 8.59. The second kappa shape index (κ2) is 19.9. The van der Waals surface area contributed by atoms with E-state index in [4.69, 9.17) is 15.3 Å². The minimum Gasteiger partial charge on any atom is -0.481 e. The zero-order chi connectivity index (χ0) is 17.1. The molecule has 5 heteroatoms. The van der Waals surface area contributed by atoms with E-state index in [2.05, 4.69) is 6.92 Å². The zero-order valence-electron chi connectivity index (χ0n) is 14.1. The number of carbonyl (C=O) groups is 2. The highest BCUT2D eigenvalue weighted by atomic mass is 16.4. The van der Waals surface area contributed by atoms with Crippen molar-refractivity contribution in [3.8, 4) is 0 Å². The summed E-state index contributed by atoms with van der Waals surface area (Å²) in [6.45, 7) is 2.63. The van der Waals surface area contributed by atoms with Crippen molar-refractivity contribution in [3.63, 3.8) is 0 Å². The van der Waals surface area contributed by atoms with E-state index in [-0.39, 0.29) is 19.3 Å². The molecule has 0 saturated carbocycles. The molecule has 0 aliphatic heterocycles. The largest absolute Gasteiger partial charge is 0.481 e. The summed E-state index contributed by atoms with van der Waals surface area (Å²) in [4.78, 5) is 19.6. The van der Waals surface area contributed by atoms with Crippen molar-refractivity contribution in [1.29, 1.82) is 0 Å². The van der Waals surface area contributed by atoms with E-state index in [1.165, 1.54) is 57.8 Å². The van der Waals surface area contributed by atoms with Crippen molar-refractivity contribution in [2.45, 2.75) is 90.4 Å². The van der Waals surface area contributed by atoms with Crippen LogP contribution in [0.15, 0.2) is 0 Å². The molecular weight excluding hydrogens is 284 g/mol. The van der Waals surface area contributed by atoms with Gasteiger partial charge in [-0.25, -0.2) is 0 Å². The van der Waals surface area contributed by atoms with Crippen molar-refractivity contribution in [2.24, 2.45) is 0 Å². The van der Waals surface area contributed by atoms with E-state index in [1.54, 1.807) is 0 Å². The van der Waals surface area contributed by atoms with E-state index >= 15 is 0 Å². The maximum absolute atomic E-state index is 9.79. The zero-order valence-corrected chi connectivity index (χ0v) is 14.1. The lowest BCUT2D eigenvalue weighted by atomic mass is 10.1. The SMILES string of the molecule is CCCCCCCCCCCCO.O=C(O)CCCC(=O)O. The minimum atomic E-state index is -0.948. The molecule has 3 N–H and O–H groups in total. The van der Waals surface area contributed by atoms with Crippen molar-refractivity contribution >= 4 is 11.9 Å². The number of unbranched alkanes of at least 4 members (excludes halogenated alkanes) is 9. The Hall–Kier alpha value is -1.10. The van der Waals surface area contributed by atoms with Crippen LogP contribution in [0.2, 0.25) is 0 Å². The molecule has 0 radical (unpaired) electrons. The van der Waals surface area contributed by atoms with E-state index in [9.17, 15) is 9.59 Å². The summed E-state index contributed by atoms with van der Waals surface area (Å²) in [5, 5.41) is 24.6. The third kappa shape index (κ3) is 27.3. The van der Waals surface area contributed by atoms with Gasteiger partial charge in [-0.05, 0) is 12.8 Å². The van der Waals surface area contributed by atoms with Crippen molar-refractivity contribution in [1.82, 2.24) is 0 Å². The number of aliphatic hydroxyl groups is 1. The average molecular weight is 318 g/mol. The topological polar surface area (TPSA) is 94.8 Å². The number of hydrogen-bond acceptors (Lipinski definition) is 3. The molecule has 0 bridgehead atoms. The van der Waals surface area contributed by atoms with Gasteiger partial charge in [-0.3, -0.25) is 9.59 Å². The standard InChI is InChI=1S/C12H26O.C5H8O4/c1-2-3-4-5-6-7-8-9-10-11-12-13;6-4(7)2-1-3-5(8)9/h13H,2-12H2,1H3;1-3H2,(H,6,7)(H,8,9). The Bertz CT molecular complexity index is 229. The fourth-order valence-corrected chi connectivity index (χ4v) is 1.99. The van der Waals surface area contributed by atoms with Crippen LogP contribution in [0.25, 0.3) is 0 Å². The maximum Gasteiger partial charge on any atom is 0.303 e. The summed E-state index contributed by atoms with van der Waals surface area (Å²) in [6.07, 6.45) is 13.4. The Balaban J connectivity index is 0. The van der Waals surface area contributed by atoms with Gasteiger partial charge in [-0.15, -0.1) is 0 Å². The highest BCUT2D eigenvalue weighted by Gasteiger charge is 1.99. The molecule has 0 aliphatic carbocycles. The number of rotatable bonds is 14. The van der Waals surface area contributed by atoms with Gasteiger partial charge in [0, 0.05) is 19.4 Å². The molecule has 22 heavy (non-hydrogen) atoms. The van der Waals surface area contributed by atoms with E-state index < -0.39 is 11.9 Å². The molecule has 0 unspecified atom stereocenters. The van der Waals surface area contributed by atoms with Gasteiger partial charge in [0.15, 0.2) is 0 Å². The van der Waals surface area contributed by atoms with E-state index in [0.717, 1.165) is 6.42 Å². The Morgan fingerprint density at radius 1 is 0.636 bits per heavy atom. The van der Waals surface area contributed by atoms with Crippen molar-refractivity contribution < 1.29 is 24.9 Å². The van der Waals surface area contributed by atoms with Gasteiger partial charge in [0.2, 0.25) is 0 Å². The molecule has 0 aromatic rings. The molecule has 0 spiro atoms. The van der Waals surface area contributed by atoms with Crippen LogP contribution in [-0.4, -0.2) is 33.9 Å². The number of carboxylic acids is 2. The number of carboxylic acid groups (broad SMARTS) is 2. The summed E-state index contributed by atoms with van der Waals surface area (Å²) >= 11 is 0. The second-order valence-corrected chi connectivity index (χ2v) is 5.55. The van der Waals surface area contributed by atoms with Crippen LogP contribution in [0.1, 0.15) is 90.4 Å². The van der Waals surface area contributed by atoms with Crippen LogP contribution < -0.4 is 0 Å². The monoisotopic (exact) mass is 318 g/mol. The maximum atomic E-state index is 9.79. The van der Waals surface area contributed by atoms with E-state index in [0.29, 0.717) is 6.61 Å². The first-order valence-electron chi connectivity index (χ1n) is 8.59. The molecule has 0 aliphatic rings. The molecule has 0 amide bonds. The highest BCUT2D eigenvalue weighted by molar-refractivity contribution is 5.69. The van der Waals surface area contributed by atoms with Gasteiger partial charge in [-0.1, -0.05) is 64.7 Å². The average Bonchev–Trinajstić information content (AvgIpc) is 2.45. The molecule has 0 atom stereocenters. The molecule has 132 valence electrons. The van der Waals surface area contributed by atoms with Gasteiger partial charge in [0.25, 0.3) is 0 Å². The van der Waals surface area contributed by atoms with Gasteiger partial charge in [0.1, 0.15) is 0 Å². The molecule has 0 heterocycles. The molecule has 0 aromatic heterocycles. The molecule has 0 saturated heterocycles. The van der Waals surface area contributed by atoms with Crippen LogP contribution in [0.3, 0.4) is 0 Å². The predicted molar refractivity (Wildman–Crippen MR) is 88.1 cm³/mol. The Kier molecular flexibility index (Phi) is 21.0. The second-order valence-electron chi connectivity index (χ2n) is 5.55.